The Morgan fingerprint density at radius 3 is 2.79 bits per heavy atom. The van der Waals surface area contributed by atoms with Crippen molar-refractivity contribution >= 4 is 5.95 Å². The molecule has 1 aromatic heterocycles. The van der Waals surface area contributed by atoms with Crippen molar-refractivity contribution in [3.05, 3.63) is 12.3 Å². The van der Waals surface area contributed by atoms with E-state index >= 15 is 0 Å². The maximum absolute atomic E-state index is 11.8. The fourth-order valence-corrected chi connectivity index (χ4v) is 1.14. The summed E-state index contributed by atoms with van der Waals surface area (Å²) >= 11 is 0. The van der Waals surface area contributed by atoms with E-state index in [1.165, 1.54) is 6.20 Å². The average molecular weight is 279 g/mol. The molecular formula is C11H16F3N3O2. The van der Waals surface area contributed by atoms with E-state index in [2.05, 4.69) is 20.0 Å². The van der Waals surface area contributed by atoms with Crippen LogP contribution in [-0.4, -0.2) is 42.5 Å². The van der Waals surface area contributed by atoms with E-state index < -0.39 is 12.8 Å². The Kier molecular flexibility index (Phi) is 6.34. The SMILES string of the molecule is CCCOc1ccnc(NCCOCC(F)(F)F)n1. The van der Waals surface area contributed by atoms with Crippen molar-refractivity contribution < 1.29 is 22.6 Å². The summed E-state index contributed by atoms with van der Waals surface area (Å²) in [6.45, 7) is 1.37. The molecule has 0 bridgehead atoms. The zero-order valence-electron chi connectivity index (χ0n) is 10.5. The topological polar surface area (TPSA) is 56.3 Å². The lowest BCUT2D eigenvalue weighted by Gasteiger charge is -2.09. The van der Waals surface area contributed by atoms with Crippen LogP contribution in [0.5, 0.6) is 5.88 Å². The lowest BCUT2D eigenvalue weighted by molar-refractivity contribution is -0.172. The van der Waals surface area contributed by atoms with Crippen molar-refractivity contribution in [2.45, 2.75) is 19.5 Å². The van der Waals surface area contributed by atoms with Crippen molar-refractivity contribution in [3.63, 3.8) is 0 Å². The number of nitrogens with zero attached hydrogens (tertiary/aromatic N) is 2. The fourth-order valence-electron chi connectivity index (χ4n) is 1.14. The number of anilines is 1. The van der Waals surface area contributed by atoms with E-state index in [9.17, 15) is 13.2 Å². The van der Waals surface area contributed by atoms with E-state index in [-0.39, 0.29) is 13.2 Å². The normalized spacial score (nSPS) is 11.4. The van der Waals surface area contributed by atoms with Gasteiger partial charge in [0.2, 0.25) is 11.8 Å². The Labute approximate surface area is 109 Å². The number of rotatable bonds is 8. The second kappa shape index (κ2) is 7.78. The number of halogens is 3. The van der Waals surface area contributed by atoms with Crippen LogP contribution in [0.4, 0.5) is 19.1 Å². The van der Waals surface area contributed by atoms with Crippen LogP contribution in [0.25, 0.3) is 0 Å². The lowest BCUT2D eigenvalue weighted by Crippen LogP contribution is -2.20. The molecule has 108 valence electrons. The Morgan fingerprint density at radius 2 is 2.11 bits per heavy atom. The molecule has 0 atom stereocenters. The molecule has 1 N–H and O–H groups in total. The molecule has 0 aliphatic carbocycles. The highest BCUT2D eigenvalue weighted by molar-refractivity contribution is 5.27. The van der Waals surface area contributed by atoms with Gasteiger partial charge < -0.3 is 14.8 Å². The third-order valence-corrected chi connectivity index (χ3v) is 1.88. The van der Waals surface area contributed by atoms with Gasteiger partial charge in [-0.25, -0.2) is 4.98 Å². The molecule has 1 aromatic rings. The van der Waals surface area contributed by atoms with Gasteiger partial charge in [0.25, 0.3) is 0 Å². The Balaban J connectivity index is 2.25. The van der Waals surface area contributed by atoms with E-state index in [0.717, 1.165) is 6.42 Å². The summed E-state index contributed by atoms with van der Waals surface area (Å²) in [6, 6.07) is 1.61. The number of nitrogens with one attached hydrogen (secondary N) is 1. The third kappa shape index (κ3) is 7.45. The van der Waals surface area contributed by atoms with Gasteiger partial charge in [-0.1, -0.05) is 6.92 Å². The average Bonchev–Trinajstić information content (AvgIpc) is 2.35. The van der Waals surface area contributed by atoms with Crippen LogP contribution in [0, 0.1) is 0 Å². The largest absolute Gasteiger partial charge is 0.478 e. The summed E-state index contributed by atoms with van der Waals surface area (Å²) in [5.74, 6) is 0.722. The molecule has 0 radical (unpaired) electrons. The fraction of sp³-hybridized carbons (Fsp3) is 0.636. The predicted molar refractivity (Wildman–Crippen MR) is 63.2 cm³/mol. The molecule has 0 aliphatic heterocycles. The van der Waals surface area contributed by atoms with Crippen LogP contribution < -0.4 is 10.1 Å². The third-order valence-electron chi connectivity index (χ3n) is 1.88. The summed E-state index contributed by atoms with van der Waals surface area (Å²) < 4.78 is 45.1. The van der Waals surface area contributed by atoms with Crippen molar-refractivity contribution in [1.82, 2.24) is 9.97 Å². The maximum atomic E-state index is 11.8. The molecule has 0 fully saturated rings. The highest BCUT2D eigenvalue weighted by Gasteiger charge is 2.27. The van der Waals surface area contributed by atoms with Crippen LogP contribution in [0.15, 0.2) is 12.3 Å². The van der Waals surface area contributed by atoms with Gasteiger partial charge in [0.05, 0.1) is 13.2 Å². The first kappa shape index (κ1) is 15.5. The number of hydrogen-bond donors (Lipinski definition) is 1. The zero-order chi connectivity index (χ0) is 14.1. The highest BCUT2D eigenvalue weighted by atomic mass is 19.4. The van der Waals surface area contributed by atoms with E-state index in [1.807, 2.05) is 6.92 Å². The van der Waals surface area contributed by atoms with Gasteiger partial charge in [-0.05, 0) is 6.42 Å². The summed E-state index contributed by atoms with van der Waals surface area (Å²) in [6.07, 6.45) is -1.93. The minimum absolute atomic E-state index is 0.0804. The molecule has 0 saturated carbocycles. The zero-order valence-corrected chi connectivity index (χ0v) is 10.5. The smallest absolute Gasteiger partial charge is 0.411 e. The highest BCUT2D eigenvalue weighted by Crippen LogP contribution is 2.14. The van der Waals surface area contributed by atoms with Gasteiger partial charge in [-0.2, -0.15) is 18.2 Å². The molecule has 0 unspecified atom stereocenters. The molecule has 0 amide bonds. The Morgan fingerprint density at radius 1 is 1.32 bits per heavy atom. The summed E-state index contributed by atoms with van der Waals surface area (Å²) in [4.78, 5) is 7.95. The van der Waals surface area contributed by atoms with E-state index in [4.69, 9.17) is 4.74 Å². The second-order valence-electron chi connectivity index (χ2n) is 3.66. The number of ether oxygens (including phenoxy) is 2. The van der Waals surface area contributed by atoms with Gasteiger partial charge in [0.1, 0.15) is 6.61 Å². The molecule has 19 heavy (non-hydrogen) atoms. The summed E-state index contributed by atoms with van der Waals surface area (Å²) in [5, 5.41) is 2.75. The molecule has 5 nitrogen and oxygen atoms in total. The molecule has 0 aromatic carbocycles. The van der Waals surface area contributed by atoms with Gasteiger partial charge in [0, 0.05) is 18.8 Å². The predicted octanol–water partition coefficient (Wildman–Crippen LogP) is 2.26. The standard InChI is InChI=1S/C11H16F3N3O2/c1-2-6-19-9-3-4-15-10(17-9)16-5-7-18-8-11(12,13)14/h3-4H,2,5-8H2,1H3,(H,15,16,17). The second-order valence-corrected chi connectivity index (χ2v) is 3.66. The van der Waals surface area contributed by atoms with E-state index in [0.29, 0.717) is 18.4 Å². The molecule has 0 spiro atoms. The Hall–Kier alpha value is -1.57. The van der Waals surface area contributed by atoms with Crippen molar-refractivity contribution in [3.8, 4) is 5.88 Å². The van der Waals surface area contributed by atoms with Gasteiger partial charge in [0.15, 0.2) is 0 Å². The van der Waals surface area contributed by atoms with Crippen LogP contribution in [-0.2, 0) is 4.74 Å². The molecule has 1 heterocycles. The first-order valence-electron chi connectivity index (χ1n) is 5.85. The van der Waals surface area contributed by atoms with Crippen molar-refractivity contribution in [2.24, 2.45) is 0 Å². The lowest BCUT2D eigenvalue weighted by atomic mass is 10.5. The van der Waals surface area contributed by atoms with Gasteiger partial charge in [-0.15, -0.1) is 0 Å². The molecular weight excluding hydrogens is 263 g/mol. The Bertz CT molecular complexity index is 374. The molecule has 0 aliphatic rings. The van der Waals surface area contributed by atoms with Crippen LogP contribution in [0.2, 0.25) is 0 Å². The van der Waals surface area contributed by atoms with Crippen molar-refractivity contribution in [1.29, 1.82) is 0 Å². The minimum Gasteiger partial charge on any atom is -0.478 e. The minimum atomic E-state index is -4.30. The number of alkyl halides is 3. The van der Waals surface area contributed by atoms with Crippen LogP contribution in [0.1, 0.15) is 13.3 Å². The quantitative estimate of drug-likeness (QED) is 0.740. The molecule has 8 heteroatoms. The first-order valence-corrected chi connectivity index (χ1v) is 5.85. The maximum Gasteiger partial charge on any atom is 0.411 e. The number of hydrogen-bond acceptors (Lipinski definition) is 5. The summed E-state index contributed by atoms with van der Waals surface area (Å²) in [7, 11) is 0. The van der Waals surface area contributed by atoms with Crippen LogP contribution >= 0.6 is 0 Å². The number of aromatic nitrogens is 2. The molecule has 0 saturated heterocycles. The van der Waals surface area contributed by atoms with Gasteiger partial charge in [-0.3, -0.25) is 0 Å². The van der Waals surface area contributed by atoms with Gasteiger partial charge >= 0.3 is 6.18 Å². The first-order chi connectivity index (χ1) is 9.01. The monoisotopic (exact) mass is 279 g/mol. The van der Waals surface area contributed by atoms with Crippen LogP contribution in [0.3, 0.4) is 0 Å². The van der Waals surface area contributed by atoms with E-state index in [1.54, 1.807) is 6.07 Å². The van der Waals surface area contributed by atoms with Crippen molar-refractivity contribution in [2.75, 3.05) is 31.7 Å². The molecule has 1 rings (SSSR count). The summed E-state index contributed by atoms with van der Waals surface area (Å²) in [5.41, 5.74) is 0.